The zero-order valence-electron chi connectivity index (χ0n) is 18.1. The molecule has 1 aliphatic heterocycles. The van der Waals surface area contributed by atoms with E-state index in [9.17, 15) is 13.2 Å². The Morgan fingerprint density at radius 1 is 1.22 bits per heavy atom. The van der Waals surface area contributed by atoms with Crippen molar-refractivity contribution >= 4 is 44.3 Å². The highest BCUT2D eigenvalue weighted by molar-refractivity contribution is 7.92. The summed E-state index contributed by atoms with van der Waals surface area (Å²) in [5.41, 5.74) is 2.46. The molecule has 1 aromatic heterocycles. The van der Waals surface area contributed by atoms with Crippen molar-refractivity contribution in [2.24, 2.45) is 5.92 Å². The Hall–Kier alpha value is -2.58. The van der Waals surface area contributed by atoms with E-state index < -0.39 is 10.0 Å². The van der Waals surface area contributed by atoms with Gasteiger partial charge >= 0.3 is 0 Å². The number of anilines is 1. The van der Waals surface area contributed by atoms with Crippen LogP contribution in [0.4, 0.5) is 5.69 Å². The van der Waals surface area contributed by atoms with Gasteiger partial charge in [0, 0.05) is 12.1 Å². The second kappa shape index (κ2) is 9.11. The molecular weight excluding hydrogens is 448 g/mol. The lowest BCUT2D eigenvalue weighted by Crippen LogP contribution is -2.38. The van der Waals surface area contributed by atoms with E-state index in [0.29, 0.717) is 47.4 Å². The van der Waals surface area contributed by atoms with Gasteiger partial charge in [0.15, 0.2) is 0 Å². The summed E-state index contributed by atoms with van der Waals surface area (Å²) in [5.74, 6) is 0.805. The molecule has 0 bridgehead atoms. The number of hydrogen-bond donors (Lipinski definition) is 2. The first kappa shape index (κ1) is 22.6. The molecule has 0 saturated carbocycles. The van der Waals surface area contributed by atoms with Gasteiger partial charge in [-0.1, -0.05) is 37.6 Å². The number of sulfonamides is 1. The smallest absolute Gasteiger partial charge is 0.251 e. The van der Waals surface area contributed by atoms with Crippen molar-refractivity contribution in [2.45, 2.75) is 39.2 Å². The predicted molar refractivity (Wildman–Crippen MR) is 128 cm³/mol. The minimum Gasteiger partial charge on any atom is -0.342 e. The average molecular weight is 475 g/mol. The Morgan fingerprint density at radius 2 is 2.00 bits per heavy atom. The molecule has 0 aliphatic carbocycles. The van der Waals surface area contributed by atoms with Crippen LogP contribution >= 0.6 is 11.6 Å². The first-order chi connectivity index (χ1) is 15.2. The number of nitrogens with one attached hydrogen (secondary N) is 2. The van der Waals surface area contributed by atoms with Gasteiger partial charge in [-0.05, 0) is 55.5 Å². The lowest BCUT2D eigenvalue weighted by atomic mass is 10.0. The lowest BCUT2D eigenvalue weighted by Gasteiger charge is -2.29. The number of benzene rings is 2. The van der Waals surface area contributed by atoms with Gasteiger partial charge in [0.2, 0.25) is 10.0 Å². The molecule has 0 spiro atoms. The van der Waals surface area contributed by atoms with Crippen LogP contribution in [0, 0.1) is 5.92 Å². The highest BCUT2D eigenvalue weighted by atomic mass is 35.5. The van der Waals surface area contributed by atoms with Crippen molar-refractivity contribution in [3.05, 3.63) is 58.9 Å². The summed E-state index contributed by atoms with van der Waals surface area (Å²) in [7, 11) is -3.44. The molecule has 1 amide bonds. The Labute approximate surface area is 193 Å². The van der Waals surface area contributed by atoms with Crippen LogP contribution in [0.15, 0.2) is 42.5 Å². The second-order valence-corrected chi connectivity index (χ2v) is 11.0. The normalized spacial score (nSPS) is 16.9. The van der Waals surface area contributed by atoms with Crippen molar-refractivity contribution < 1.29 is 13.2 Å². The predicted octanol–water partition coefficient (Wildman–Crippen LogP) is 4.66. The summed E-state index contributed by atoms with van der Waals surface area (Å²) in [4.78, 5) is 21.1. The van der Waals surface area contributed by atoms with Crippen LogP contribution in [-0.4, -0.2) is 36.6 Å². The highest BCUT2D eigenvalue weighted by Crippen LogP contribution is 2.32. The molecule has 32 heavy (non-hydrogen) atoms. The molecule has 1 saturated heterocycles. The Kier molecular flexibility index (Phi) is 6.44. The van der Waals surface area contributed by atoms with Gasteiger partial charge in [-0.25, -0.2) is 13.4 Å². The molecule has 4 rings (SSSR count). The van der Waals surface area contributed by atoms with Crippen LogP contribution in [0.2, 0.25) is 5.02 Å². The maximum absolute atomic E-state index is 13.2. The van der Waals surface area contributed by atoms with Crippen LogP contribution in [-0.2, 0) is 10.0 Å². The van der Waals surface area contributed by atoms with Crippen LogP contribution in [0.25, 0.3) is 11.0 Å². The molecule has 1 aliphatic rings. The number of carbonyl (C=O) groups excluding carboxylic acids is 1. The molecule has 1 fully saturated rings. The van der Waals surface area contributed by atoms with Gasteiger partial charge in [0.1, 0.15) is 5.82 Å². The number of halogens is 1. The first-order valence-electron chi connectivity index (χ1n) is 10.8. The number of aromatic amines is 1. The molecule has 0 radical (unpaired) electrons. The summed E-state index contributed by atoms with van der Waals surface area (Å²) in [6.07, 6.45) is 2.09. The van der Waals surface area contributed by atoms with Gasteiger partial charge in [-0.15, -0.1) is 0 Å². The van der Waals surface area contributed by atoms with E-state index in [0.717, 1.165) is 17.5 Å². The van der Waals surface area contributed by atoms with Gasteiger partial charge < -0.3 is 10.3 Å². The number of hydrogen-bond acceptors (Lipinski definition) is 4. The standard InChI is InChI=1S/C23H27ClN4O3S/c1-15(2)13-20(22-25-18-7-3-4-8-19(18)26-22)27-23(29)16-9-10-17(24)21(14-16)28-11-5-6-12-32(28,30)31/h3-4,7-10,14-15,20H,5-6,11-13H2,1-2H3,(H,25,26)(H,27,29). The van der Waals surface area contributed by atoms with E-state index in [2.05, 4.69) is 29.1 Å². The van der Waals surface area contributed by atoms with Crippen molar-refractivity contribution in [1.82, 2.24) is 15.3 Å². The monoisotopic (exact) mass is 474 g/mol. The molecule has 9 heteroatoms. The molecule has 1 unspecified atom stereocenters. The maximum atomic E-state index is 13.2. The third kappa shape index (κ3) is 4.76. The molecule has 2 heterocycles. The van der Waals surface area contributed by atoms with E-state index in [1.54, 1.807) is 18.2 Å². The zero-order valence-corrected chi connectivity index (χ0v) is 19.7. The third-order valence-electron chi connectivity index (χ3n) is 5.58. The topological polar surface area (TPSA) is 95.2 Å². The van der Waals surface area contributed by atoms with Crippen molar-refractivity contribution in [3.63, 3.8) is 0 Å². The van der Waals surface area contributed by atoms with Crippen molar-refractivity contribution in [2.75, 3.05) is 16.6 Å². The van der Waals surface area contributed by atoms with Crippen LogP contribution < -0.4 is 9.62 Å². The average Bonchev–Trinajstić information content (AvgIpc) is 3.17. The minimum absolute atomic E-state index is 0.0856. The number of imidazole rings is 1. The molecule has 2 aromatic carbocycles. The fourth-order valence-electron chi connectivity index (χ4n) is 3.99. The maximum Gasteiger partial charge on any atom is 0.251 e. The molecule has 3 aromatic rings. The third-order valence-corrected chi connectivity index (χ3v) is 7.75. The van der Waals surface area contributed by atoms with E-state index >= 15 is 0 Å². The molecule has 7 nitrogen and oxygen atoms in total. The van der Waals surface area contributed by atoms with Crippen molar-refractivity contribution in [3.8, 4) is 0 Å². The summed E-state index contributed by atoms with van der Waals surface area (Å²) < 4.78 is 26.4. The number of amides is 1. The number of aromatic nitrogens is 2. The van der Waals surface area contributed by atoms with Gasteiger partial charge in [0.05, 0.1) is 33.5 Å². The zero-order chi connectivity index (χ0) is 22.9. The highest BCUT2D eigenvalue weighted by Gasteiger charge is 2.28. The Bertz CT molecular complexity index is 1210. The Morgan fingerprint density at radius 3 is 2.72 bits per heavy atom. The van der Waals surface area contributed by atoms with Gasteiger partial charge in [-0.2, -0.15) is 0 Å². The fourth-order valence-corrected chi connectivity index (χ4v) is 5.91. The van der Waals surface area contributed by atoms with E-state index in [1.165, 1.54) is 4.31 Å². The quantitative estimate of drug-likeness (QED) is 0.543. The molecular formula is C23H27ClN4O3S. The summed E-state index contributed by atoms with van der Waals surface area (Å²) in [5, 5.41) is 3.38. The summed E-state index contributed by atoms with van der Waals surface area (Å²) in [6, 6.07) is 12.2. The van der Waals surface area contributed by atoms with Crippen LogP contribution in [0.5, 0.6) is 0 Å². The largest absolute Gasteiger partial charge is 0.342 e. The van der Waals surface area contributed by atoms with Gasteiger partial charge in [-0.3, -0.25) is 9.10 Å². The number of carbonyl (C=O) groups is 1. The Balaban J connectivity index is 1.62. The molecule has 2 N–H and O–H groups in total. The van der Waals surface area contributed by atoms with Crippen LogP contribution in [0.3, 0.4) is 0 Å². The van der Waals surface area contributed by atoms with Gasteiger partial charge in [0.25, 0.3) is 5.91 Å². The van der Waals surface area contributed by atoms with E-state index in [-0.39, 0.29) is 17.7 Å². The van der Waals surface area contributed by atoms with Crippen molar-refractivity contribution in [1.29, 1.82) is 0 Å². The summed E-state index contributed by atoms with van der Waals surface area (Å²) in [6.45, 7) is 4.54. The minimum atomic E-state index is -3.44. The van der Waals surface area contributed by atoms with Crippen LogP contribution in [0.1, 0.15) is 55.3 Å². The fraction of sp³-hybridized carbons (Fsp3) is 0.391. The number of nitrogens with zero attached hydrogens (tertiary/aromatic N) is 2. The number of para-hydroxylation sites is 2. The van der Waals surface area contributed by atoms with E-state index in [1.807, 2.05) is 24.3 Å². The number of fused-ring (bicyclic) bond motifs is 1. The molecule has 1 atom stereocenters. The SMILES string of the molecule is CC(C)CC(NC(=O)c1ccc(Cl)c(N2CCCCS2(=O)=O)c1)c1nc2ccccc2[nH]1. The first-order valence-corrected chi connectivity index (χ1v) is 12.8. The summed E-state index contributed by atoms with van der Waals surface area (Å²) >= 11 is 6.32. The molecule has 170 valence electrons. The lowest BCUT2D eigenvalue weighted by molar-refractivity contribution is 0.0930. The number of H-pyrrole nitrogens is 1. The number of rotatable bonds is 6. The van der Waals surface area contributed by atoms with E-state index in [4.69, 9.17) is 11.6 Å². The second-order valence-electron chi connectivity index (χ2n) is 8.56.